The van der Waals surface area contributed by atoms with Crippen molar-refractivity contribution in [1.82, 2.24) is 5.32 Å². The van der Waals surface area contributed by atoms with Gasteiger partial charge in [0.25, 0.3) is 0 Å². The number of benzene rings is 1. The number of methoxy groups -OCH3 is 1. The number of aliphatic carboxylic acids is 1. The largest absolute Gasteiger partial charge is 0.494 e. The number of carbonyl (C=O) groups is 2. The highest BCUT2D eigenvalue weighted by Crippen LogP contribution is 2.22. The van der Waals surface area contributed by atoms with Gasteiger partial charge in [-0.3, -0.25) is 4.79 Å². The van der Waals surface area contributed by atoms with Crippen LogP contribution < -0.4 is 10.1 Å². The summed E-state index contributed by atoms with van der Waals surface area (Å²) in [7, 11) is 1.32. The van der Waals surface area contributed by atoms with Crippen molar-refractivity contribution in [1.29, 1.82) is 0 Å². The number of rotatable bonds is 7. The molecule has 0 aliphatic rings. The first-order valence-electron chi connectivity index (χ1n) is 6.26. The maximum absolute atomic E-state index is 13.7. The maximum Gasteiger partial charge on any atom is 0.330 e. The summed E-state index contributed by atoms with van der Waals surface area (Å²) in [6.07, 6.45) is 1.86. The molecule has 0 radical (unpaired) electrons. The molecule has 1 aromatic carbocycles. The van der Waals surface area contributed by atoms with E-state index in [4.69, 9.17) is 4.74 Å². The number of ether oxygens (including phenoxy) is 1. The third-order valence-corrected chi connectivity index (χ3v) is 3.74. The predicted octanol–water partition coefficient (Wildman–Crippen LogP) is 2.08. The van der Waals surface area contributed by atoms with Crippen LogP contribution in [0.1, 0.15) is 18.5 Å². The van der Waals surface area contributed by atoms with Crippen molar-refractivity contribution in [2.75, 3.05) is 19.1 Å². The first kappa shape index (κ1) is 17.3. The van der Waals surface area contributed by atoms with Gasteiger partial charge in [-0.2, -0.15) is 11.8 Å². The molecular weight excluding hydrogens is 297 g/mol. The second kappa shape index (κ2) is 7.87. The first-order valence-corrected chi connectivity index (χ1v) is 7.65. The van der Waals surface area contributed by atoms with Gasteiger partial charge in [0.05, 0.1) is 7.11 Å². The Morgan fingerprint density at radius 3 is 2.62 bits per heavy atom. The second-order valence-corrected chi connectivity index (χ2v) is 5.44. The molecule has 0 aromatic heterocycles. The fraction of sp³-hybridized carbons (Fsp3) is 0.429. The normalized spacial score (nSPS) is 13.3. The fourth-order valence-electron chi connectivity index (χ4n) is 1.76. The number of hydrogen-bond acceptors (Lipinski definition) is 4. The van der Waals surface area contributed by atoms with Crippen LogP contribution in [0, 0.1) is 11.7 Å². The van der Waals surface area contributed by atoms with Crippen molar-refractivity contribution in [2.24, 2.45) is 5.92 Å². The average Bonchev–Trinajstić information content (AvgIpc) is 2.44. The highest BCUT2D eigenvalue weighted by molar-refractivity contribution is 7.98. The van der Waals surface area contributed by atoms with E-state index in [-0.39, 0.29) is 23.1 Å². The minimum absolute atomic E-state index is 0.0185. The molecular formula is C14H18FNO4S. The molecule has 7 heteroatoms. The molecule has 2 atom stereocenters. The van der Waals surface area contributed by atoms with Gasteiger partial charge in [0.15, 0.2) is 17.6 Å². The van der Waals surface area contributed by atoms with E-state index in [1.54, 1.807) is 6.92 Å². The number of carboxylic acid groups (broad SMARTS) is 1. The molecule has 2 unspecified atom stereocenters. The van der Waals surface area contributed by atoms with E-state index in [9.17, 15) is 19.1 Å². The Kier molecular flexibility index (Phi) is 6.48. The zero-order valence-corrected chi connectivity index (χ0v) is 12.9. The number of hydrogen-bond donors (Lipinski definition) is 2. The summed E-state index contributed by atoms with van der Waals surface area (Å²) in [6.45, 7) is 1.71. The van der Waals surface area contributed by atoms with Crippen LogP contribution >= 0.6 is 11.8 Å². The minimum atomic E-state index is -1.29. The van der Waals surface area contributed by atoms with E-state index in [0.29, 0.717) is 5.75 Å². The Hall–Kier alpha value is -1.76. The minimum Gasteiger partial charge on any atom is -0.494 e. The first-order chi connectivity index (χ1) is 9.90. The van der Waals surface area contributed by atoms with Gasteiger partial charge in [0, 0.05) is 11.7 Å². The lowest BCUT2D eigenvalue weighted by Gasteiger charge is -2.18. The molecule has 5 nitrogen and oxygen atoms in total. The molecule has 0 aliphatic carbocycles. The van der Waals surface area contributed by atoms with Gasteiger partial charge in [-0.15, -0.1) is 0 Å². The molecule has 0 saturated carbocycles. The molecule has 0 saturated heterocycles. The third kappa shape index (κ3) is 4.63. The molecule has 21 heavy (non-hydrogen) atoms. The van der Waals surface area contributed by atoms with Crippen molar-refractivity contribution < 1.29 is 23.8 Å². The van der Waals surface area contributed by atoms with E-state index in [1.807, 2.05) is 6.26 Å². The molecule has 1 aromatic rings. The van der Waals surface area contributed by atoms with Crippen LogP contribution in [-0.2, 0) is 9.59 Å². The summed E-state index contributed by atoms with van der Waals surface area (Å²) in [4.78, 5) is 23.2. The maximum atomic E-state index is 13.7. The molecule has 0 bridgehead atoms. The zero-order valence-electron chi connectivity index (χ0n) is 12.1. The van der Waals surface area contributed by atoms with Gasteiger partial charge in [-0.05, 0) is 24.0 Å². The van der Waals surface area contributed by atoms with E-state index >= 15 is 0 Å². The monoisotopic (exact) mass is 315 g/mol. The lowest BCUT2D eigenvalue weighted by atomic mass is 10.1. The molecule has 1 amide bonds. The van der Waals surface area contributed by atoms with Crippen molar-refractivity contribution in [3.63, 3.8) is 0 Å². The molecule has 2 N–H and O–H groups in total. The Morgan fingerprint density at radius 1 is 1.48 bits per heavy atom. The Labute approximate surface area is 126 Å². The smallest absolute Gasteiger partial charge is 0.330 e. The number of nitrogens with one attached hydrogen (secondary N) is 1. The van der Waals surface area contributed by atoms with Crippen molar-refractivity contribution in [3.05, 3.63) is 29.6 Å². The van der Waals surface area contributed by atoms with Crippen LogP contribution in [0.5, 0.6) is 5.75 Å². The molecule has 116 valence electrons. The van der Waals surface area contributed by atoms with E-state index in [1.165, 1.54) is 31.0 Å². The van der Waals surface area contributed by atoms with Crippen molar-refractivity contribution in [2.45, 2.75) is 13.0 Å². The summed E-state index contributed by atoms with van der Waals surface area (Å²) in [5, 5.41) is 11.7. The van der Waals surface area contributed by atoms with Gasteiger partial charge in [-0.25, -0.2) is 9.18 Å². The van der Waals surface area contributed by atoms with Gasteiger partial charge in [0.2, 0.25) is 5.91 Å². The number of thioether (sulfide) groups is 1. The van der Waals surface area contributed by atoms with E-state index in [0.717, 1.165) is 6.07 Å². The topological polar surface area (TPSA) is 75.6 Å². The van der Waals surface area contributed by atoms with Gasteiger partial charge in [-0.1, -0.05) is 13.0 Å². The third-order valence-electron chi connectivity index (χ3n) is 2.91. The van der Waals surface area contributed by atoms with Crippen LogP contribution in [0.4, 0.5) is 4.39 Å². The van der Waals surface area contributed by atoms with E-state index in [2.05, 4.69) is 5.32 Å². The van der Waals surface area contributed by atoms with E-state index < -0.39 is 17.8 Å². The van der Waals surface area contributed by atoms with Crippen LogP contribution in [0.2, 0.25) is 0 Å². The van der Waals surface area contributed by atoms with Crippen molar-refractivity contribution >= 4 is 23.6 Å². The highest BCUT2D eigenvalue weighted by atomic mass is 32.2. The summed E-state index contributed by atoms with van der Waals surface area (Å²) < 4.78 is 18.4. The average molecular weight is 315 g/mol. The lowest BCUT2D eigenvalue weighted by Crippen LogP contribution is -2.37. The zero-order chi connectivity index (χ0) is 16.0. The Balaban J connectivity index is 2.95. The number of carbonyl (C=O) groups excluding carboxylic acids is 1. The molecule has 0 heterocycles. The molecule has 1 rings (SSSR count). The van der Waals surface area contributed by atoms with Crippen molar-refractivity contribution in [3.8, 4) is 5.75 Å². The summed E-state index contributed by atoms with van der Waals surface area (Å²) in [5.41, 5.74) is 0.158. The lowest BCUT2D eigenvalue weighted by molar-refractivity contribution is -0.142. The second-order valence-electron chi connectivity index (χ2n) is 4.53. The SMILES string of the molecule is COc1ccc(C(NC(=O)C(C)CSC)C(=O)O)cc1F. The molecule has 0 aliphatic heterocycles. The van der Waals surface area contributed by atoms with Gasteiger partial charge < -0.3 is 15.2 Å². The highest BCUT2D eigenvalue weighted by Gasteiger charge is 2.25. The van der Waals surface area contributed by atoms with Crippen LogP contribution in [-0.4, -0.2) is 36.1 Å². The quantitative estimate of drug-likeness (QED) is 0.805. The summed E-state index contributed by atoms with van der Waals surface area (Å²) in [5.74, 6) is -2.03. The number of carboxylic acids is 1. The molecule has 0 fully saturated rings. The standard InChI is InChI=1S/C14H18FNO4S/c1-8(7-21-3)13(17)16-12(14(18)19)9-4-5-11(20-2)10(15)6-9/h4-6,8,12H,7H2,1-3H3,(H,16,17)(H,18,19). The Bertz CT molecular complexity index is 524. The summed E-state index contributed by atoms with van der Waals surface area (Å²) in [6, 6.07) is 2.51. The van der Waals surface area contributed by atoms with Crippen LogP contribution in [0.15, 0.2) is 18.2 Å². The predicted molar refractivity (Wildman–Crippen MR) is 79.0 cm³/mol. The van der Waals surface area contributed by atoms with Crippen LogP contribution in [0.3, 0.4) is 0 Å². The van der Waals surface area contributed by atoms with Crippen LogP contribution in [0.25, 0.3) is 0 Å². The van der Waals surface area contributed by atoms with Gasteiger partial charge >= 0.3 is 5.97 Å². The Morgan fingerprint density at radius 2 is 2.14 bits per heavy atom. The molecule has 0 spiro atoms. The number of amides is 1. The summed E-state index contributed by atoms with van der Waals surface area (Å²) >= 11 is 1.49. The fourth-order valence-corrected chi connectivity index (χ4v) is 2.41. The van der Waals surface area contributed by atoms with Gasteiger partial charge in [0.1, 0.15) is 0 Å². The number of halogens is 1.